The Morgan fingerprint density at radius 1 is 1.50 bits per heavy atom. The molecule has 110 valence electrons. The number of nitrogens with one attached hydrogen (secondary N) is 1. The average molecular weight is 310 g/mol. The maximum absolute atomic E-state index is 12.5. The van der Waals surface area contributed by atoms with Crippen LogP contribution in [-0.4, -0.2) is 41.4 Å². The molecule has 3 nitrogen and oxygen atoms in total. The van der Waals surface area contributed by atoms with Crippen LogP contribution in [0.5, 0.6) is 0 Å². The molecule has 1 aromatic rings. The van der Waals surface area contributed by atoms with Gasteiger partial charge in [-0.1, -0.05) is 0 Å². The van der Waals surface area contributed by atoms with Crippen LogP contribution in [0.2, 0.25) is 0 Å². The van der Waals surface area contributed by atoms with Gasteiger partial charge in [0.1, 0.15) is 0 Å². The van der Waals surface area contributed by atoms with Crippen molar-refractivity contribution in [3.8, 4) is 0 Å². The van der Waals surface area contributed by atoms with E-state index in [1.54, 1.807) is 0 Å². The molecule has 1 atom stereocenters. The number of amides is 1. The van der Waals surface area contributed by atoms with Crippen molar-refractivity contribution in [2.24, 2.45) is 0 Å². The Hall–Kier alpha value is -0.520. The van der Waals surface area contributed by atoms with Crippen molar-refractivity contribution in [1.29, 1.82) is 0 Å². The summed E-state index contributed by atoms with van der Waals surface area (Å²) in [6, 6.07) is 2.44. The molecule has 2 aliphatic heterocycles. The second-order valence-corrected chi connectivity index (χ2v) is 7.86. The molecule has 0 saturated carbocycles. The number of fused-ring (bicyclic) bond motifs is 1. The van der Waals surface area contributed by atoms with E-state index < -0.39 is 0 Å². The van der Waals surface area contributed by atoms with Gasteiger partial charge < -0.3 is 10.2 Å². The van der Waals surface area contributed by atoms with Crippen LogP contribution in [0.1, 0.15) is 36.2 Å². The van der Waals surface area contributed by atoms with Gasteiger partial charge >= 0.3 is 0 Å². The minimum atomic E-state index is 0.256. The summed E-state index contributed by atoms with van der Waals surface area (Å²) in [5, 5.41) is 6.19. The summed E-state index contributed by atoms with van der Waals surface area (Å²) in [7, 11) is 0. The molecule has 2 aliphatic rings. The van der Waals surface area contributed by atoms with Gasteiger partial charge in [-0.05, 0) is 56.3 Å². The Kier molecular flexibility index (Phi) is 4.68. The summed E-state index contributed by atoms with van der Waals surface area (Å²) >= 11 is 3.68. The lowest BCUT2D eigenvalue weighted by molar-refractivity contribution is -0.130. The Labute approximate surface area is 129 Å². The zero-order chi connectivity index (χ0) is 13.9. The normalized spacial score (nSPS) is 23.6. The molecule has 0 aliphatic carbocycles. The fourth-order valence-corrected chi connectivity index (χ4v) is 5.16. The zero-order valence-electron chi connectivity index (χ0n) is 11.9. The third-order valence-corrected chi connectivity index (χ3v) is 6.68. The van der Waals surface area contributed by atoms with Crippen molar-refractivity contribution < 1.29 is 4.79 Å². The van der Waals surface area contributed by atoms with Crippen LogP contribution < -0.4 is 5.32 Å². The van der Waals surface area contributed by atoms with Crippen LogP contribution >= 0.6 is 23.1 Å². The summed E-state index contributed by atoms with van der Waals surface area (Å²) in [6.45, 7) is 5.26. The molecule has 1 saturated heterocycles. The van der Waals surface area contributed by atoms with Crippen LogP contribution in [0.4, 0.5) is 0 Å². The van der Waals surface area contributed by atoms with Gasteiger partial charge in [-0.3, -0.25) is 4.79 Å². The van der Waals surface area contributed by atoms with Crippen LogP contribution in [0.15, 0.2) is 11.4 Å². The monoisotopic (exact) mass is 310 g/mol. The van der Waals surface area contributed by atoms with Gasteiger partial charge in [0.05, 0.1) is 11.8 Å². The Morgan fingerprint density at radius 2 is 2.30 bits per heavy atom. The van der Waals surface area contributed by atoms with Crippen molar-refractivity contribution in [2.45, 2.75) is 37.5 Å². The molecule has 1 unspecified atom stereocenters. The highest BCUT2D eigenvalue weighted by atomic mass is 32.2. The lowest BCUT2D eigenvalue weighted by Crippen LogP contribution is -2.40. The van der Waals surface area contributed by atoms with E-state index >= 15 is 0 Å². The van der Waals surface area contributed by atoms with Crippen LogP contribution in [0.25, 0.3) is 0 Å². The Morgan fingerprint density at radius 3 is 3.10 bits per heavy atom. The smallest absolute Gasteiger partial charge is 0.233 e. The number of hydrogen-bond acceptors (Lipinski definition) is 4. The van der Waals surface area contributed by atoms with Crippen molar-refractivity contribution in [3.05, 3.63) is 21.9 Å². The summed E-state index contributed by atoms with van der Waals surface area (Å²) in [5.41, 5.74) is 1.36. The van der Waals surface area contributed by atoms with E-state index in [2.05, 4.69) is 28.6 Å². The molecule has 1 N–H and O–H groups in total. The number of rotatable bonds is 3. The molecule has 0 aromatic carbocycles. The van der Waals surface area contributed by atoms with Gasteiger partial charge in [-0.15, -0.1) is 23.1 Å². The molecule has 1 aromatic heterocycles. The summed E-state index contributed by atoms with van der Waals surface area (Å²) < 4.78 is 0. The van der Waals surface area contributed by atoms with E-state index in [4.69, 9.17) is 0 Å². The molecule has 3 rings (SSSR count). The van der Waals surface area contributed by atoms with Crippen molar-refractivity contribution in [1.82, 2.24) is 10.2 Å². The Balaban J connectivity index is 1.55. The Bertz CT molecular complexity index is 468. The van der Waals surface area contributed by atoms with Crippen molar-refractivity contribution in [2.75, 3.05) is 25.4 Å². The molecular formula is C15H22N2OS2. The van der Waals surface area contributed by atoms with E-state index in [9.17, 15) is 4.79 Å². The lowest BCUT2D eigenvalue weighted by atomic mass is 10.0. The first-order chi connectivity index (χ1) is 9.75. The molecule has 20 heavy (non-hydrogen) atoms. The maximum atomic E-state index is 12.5. The number of thiophene rings is 1. The molecule has 0 bridgehead atoms. The van der Waals surface area contributed by atoms with Gasteiger partial charge in [0.15, 0.2) is 0 Å². The number of piperidine rings is 1. The topological polar surface area (TPSA) is 32.3 Å². The minimum absolute atomic E-state index is 0.256. The highest BCUT2D eigenvalue weighted by Crippen LogP contribution is 2.33. The molecule has 3 heterocycles. The summed E-state index contributed by atoms with van der Waals surface area (Å²) in [5.74, 6) is 0.965. The van der Waals surface area contributed by atoms with Gasteiger partial charge in [-0.2, -0.15) is 0 Å². The number of hydrogen-bond donors (Lipinski definition) is 1. The quantitative estimate of drug-likeness (QED) is 0.931. The number of carbonyl (C=O) groups is 1. The first-order valence-corrected chi connectivity index (χ1v) is 9.36. The van der Waals surface area contributed by atoms with E-state index in [-0.39, 0.29) is 6.04 Å². The zero-order valence-corrected chi connectivity index (χ0v) is 13.6. The van der Waals surface area contributed by atoms with E-state index in [1.807, 2.05) is 23.1 Å². The van der Waals surface area contributed by atoms with E-state index in [1.165, 1.54) is 23.3 Å². The minimum Gasteiger partial charge on any atom is -0.335 e. The first-order valence-electron chi connectivity index (χ1n) is 7.44. The second-order valence-electron chi connectivity index (χ2n) is 5.57. The number of nitrogens with zero attached hydrogens (tertiary/aromatic N) is 1. The van der Waals surface area contributed by atoms with Crippen LogP contribution in [0.3, 0.4) is 0 Å². The third-order valence-electron chi connectivity index (χ3n) is 4.33. The maximum Gasteiger partial charge on any atom is 0.233 e. The molecule has 1 amide bonds. The van der Waals surface area contributed by atoms with E-state index in [0.29, 0.717) is 16.9 Å². The predicted molar refractivity (Wildman–Crippen MR) is 86.5 cm³/mol. The highest BCUT2D eigenvalue weighted by molar-refractivity contribution is 8.00. The molecule has 0 radical (unpaired) electrons. The van der Waals surface area contributed by atoms with Gasteiger partial charge in [0, 0.05) is 16.7 Å². The SMILES string of the molecule is CC1c2ccsc2CCN1C(=O)CSC1CCNCC1. The predicted octanol–water partition coefficient (Wildman–Crippen LogP) is 2.68. The van der Waals surface area contributed by atoms with Crippen LogP contribution in [0, 0.1) is 0 Å². The standard InChI is InChI=1S/C15H22N2OS2/c1-11-13-5-9-19-14(13)4-8-17(11)15(18)10-20-12-2-6-16-7-3-12/h5,9,11-12,16H,2-4,6-8,10H2,1H3. The van der Waals surface area contributed by atoms with Gasteiger partial charge in [-0.25, -0.2) is 0 Å². The molecule has 0 spiro atoms. The molecule has 5 heteroatoms. The van der Waals surface area contributed by atoms with Crippen molar-refractivity contribution >= 4 is 29.0 Å². The second kappa shape index (κ2) is 6.50. The molecular weight excluding hydrogens is 288 g/mol. The average Bonchev–Trinajstić information content (AvgIpc) is 2.96. The third kappa shape index (κ3) is 3.05. The summed E-state index contributed by atoms with van der Waals surface area (Å²) in [4.78, 5) is 16.0. The van der Waals surface area contributed by atoms with E-state index in [0.717, 1.165) is 26.1 Å². The molecule has 1 fully saturated rings. The number of thioether (sulfide) groups is 1. The lowest BCUT2D eigenvalue weighted by Gasteiger charge is -2.34. The van der Waals surface area contributed by atoms with Crippen LogP contribution in [-0.2, 0) is 11.2 Å². The van der Waals surface area contributed by atoms with Crippen molar-refractivity contribution in [3.63, 3.8) is 0 Å². The fourth-order valence-electron chi connectivity index (χ4n) is 3.08. The van der Waals surface area contributed by atoms with Gasteiger partial charge in [0.25, 0.3) is 0 Å². The number of carbonyl (C=O) groups excluding carboxylic acids is 1. The van der Waals surface area contributed by atoms with Gasteiger partial charge in [0.2, 0.25) is 5.91 Å². The summed E-state index contributed by atoms with van der Waals surface area (Å²) in [6.07, 6.45) is 3.42. The largest absolute Gasteiger partial charge is 0.335 e. The fraction of sp³-hybridized carbons (Fsp3) is 0.667. The highest BCUT2D eigenvalue weighted by Gasteiger charge is 2.28. The first kappa shape index (κ1) is 14.4.